The van der Waals surface area contributed by atoms with E-state index in [9.17, 15) is 14.7 Å². The van der Waals surface area contributed by atoms with Gasteiger partial charge in [-0.25, -0.2) is 0 Å². The number of primary amides is 1. The van der Waals surface area contributed by atoms with Crippen molar-refractivity contribution in [2.75, 3.05) is 0 Å². The average molecular weight is 258 g/mol. The number of carbonyl (C=O) groups is 1. The largest absolute Gasteiger partial charge is 0.494 e. The second-order valence-corrected chi connectivity index (χ2v) is 4.07. The number of benzene rings is 1. The van der Waals surface area contributed by atoms with Crippen molar-refractivity contribution in [2.24, 2.45) is 5.73 Å². The predicted octanol–water partition coefficient (Wildman–Crippen LogP) is 1.34. The van der Waals surface area contributed by atoms with Crippen molar-refractivity contribution in [1.82, 2.24) is 4.57 Å². The lowest BCUT2D eigenvalue weighted by Crippen LogP contribution is -2.30. The summed E-state index contributed by atoms with van der Waals surface area (Å²) >= 11 is 0. The predicted molar refractivity (Wildman–Crippen MR) is 72.0 cm³/mol. The zero-order valence-electron chi connectivity index (χ0n) is 10.5. The molecule has 0 saturated carbocycles. The lowest BCUT2D eigenvalue weighted by molar-refractivity contribution is 0.0999. The fourth-order valence-electron chi connectivity index (χ4n) is 2.02. The van der Waals surface area contributed by atoms with Gasteiger partial charge in [-0.05, 0) is 12.5 Å². The molecule has 0 fully saturated rings. The van der Waals surface area contributed by atoms with Crippen LogP contribution < -0.4 is 11.3 Å². The molecule has 0 aliphatic heterocycles. The SMILES string of the molecule is CCn1c(O)cc(-c2ccccc2)c(C(N)=O)c1=O. The second-order valence-electron chi connectivity index (χ2n) is 4.07. The standard InChI is InChI=1S/C14H14N2O3/c1-2-16-11(17)8-10(9-6-4-3-5-7-9)12(13(15)18)14(16)19/h3-8,17H,2H2,1H3,(H2,15,18). The van der Waals surface area contributed by atoms with Gasteiger partial charge in [0.15, 0.2) is 5.88 Å². The number of amides is 1. The molecule has 0 spiro atoms. The first kappa shape index (κ1) is 12.9. The third-order valence-corrected chi connectivity index (χ3v) is 2.93. The summed E-state index contributed by atoms with van der Waals surface area (Å²) in [4.78, 5) is 23.7. The summed E-state index contributed by atoms with van der Waals surface area (Å²) in [6.45, 7) is 1.97. The molecule has 5 nitrogen and oxygen atoms in total. The van der Waals surface area contributed by atoms with E-state index < -0.39 is 11.5 Å². The Hall–Kier alpha value is -2.56. The van der Waals surface area contributed by atoms with Crippen LogP contribution in [0.3, 0.4) is 0 Å². The van der Waals surface area contributed by atoms with E-state index >= 15 is 0 Å². The Morgan fingerprint density at radius 1 is 1.32 bits per heavy atom. The summed E-state index contributed by atoms with van der Waals surface area (Å²) in [6.07, 6.45) is 0. The number of rotatable bonds is 3. The van der Waals surface area contributed by atoms with Gasteiger partial charge in [-0.1, -0.05) is 30.3 Å². The van der Waals surface area contributed by atoms with Gasteiger partial charge in [-0.15, -0.1) is 0 Å². The summed E-state index contributed by atoms with van der Waals surface area (Å²) in [5.74, 6) is -0.984. The highest BCUT2D eigenvalue weighted by Gasteiger charge is 2.18. The molecule has 2 rings (SSSR count). The van der Waals surface area contributed by atoms with E-state index in [1.54, 1.807) is 31.2 Å². The summed E-state index contributed by atoms with van der Waals surface area (Å²) in [6, 6.07) is 10.3. The molecule has 0 unspecified atom stereocenters. The zero-order chi connectivity index (χ0) is 14.0. The van der Waals surface area contributed by atoms with E-state index in [-0.39, 0.29) is 18.0 Å². The van der Waals surface area contributed by atoms with Gasteiger partial charge in [-0.3, -0.25) is 14.2 Å². The van der Waals surface area contributed by atoms with Crippen LogP contribution in [0, 0.1) is 0 Å². The minimum absolute atomic E-state index is 0.106. The molecule has 0 aliphatic carbocycles. The first-order valence-electron chi connectivity index (χ1n) is 5.88. The Kier molecular flexibility index (Phi) is 3.37. The molecule has 19 heavy (non-hydrogen) atoms. The minimum Gasteiger partial charge on any atom is -0.494 e. The smallest absolute Gasteiger partial charge is 0.266 e. The van der Waals surface area contributed by atoms with E-state index in [0.29, 0.717) is 11.1 Å². The van der Waals surface area contributed by atoms with Crippen LogP contribution >= 0.6 is 0 Å². The van der Waals surface area contributed by atoms with Crippen molar-refractivity contribution < 1.29 is 9.90 Å². The van der Waals surface area contributed by atoms with Crippen LogP contribution in [0.5, 0.6) is 5.88 Å². The average Bonchev–Trinajstić information content (AvgIpc) is 2.39. The molecule has 3 N–H and O–H groups in total. The van der Waals surface area contributed by atoms with Gasteiger partial charge in [0.25, 0.3) is 11.5 Å². The van der Waals surface area contributed by atoms with Crippen LogP contribution in [0.4, 0.5) is 0 Å². The van der Waals surface area contributed by atoms with Crippen molar-refractivity contribution >= 4 is 5.91 Å². The summed E-state index contributed by atoms with van der Waals surface area (Å²) in [5, 5.41) is 9.85. The molecule has 2 aromatic rings. The van der Waals surface area contributed by atoms with E-state index in [2.05, 4.69) is 0 Å². The van der Waals surface area contributed by atoms with Crippen LogP contribution in [0.25, 0.3) is 11.1 Å². The number of aromatic hydroxyl groups is 1. The van der Waals surface area contributed by atoms with Crippen molar-refractivity contribution in [2.45, 2.75) is 13.5 Å². The van der Waals surface area contributed by atoms with Gasteiger partial charge >= 0.3 is 0 Å². The van der Waals surface area contributed by atoms with Crippen molar-refractivity contribution in [3.63, 3.8) is 0 Å². The van der Waals surface area contributed by atoms with Gasteiger partial charge in [0.1, 0.15) is 5.56 Å². The maximum absolute atomic E-state index is 12.2. The normalized spacial score (nSPS) is 10.4. The molecule has 1 aromatic heterocycles. The topological polar surface area (TPSA) is 85.3 Å². The Balaban J connectivity index is 2.82. The third-order valence-electron chi connectivity index (χ3n) is 2.93. The quantitative estimate of drug-likeness (QED) is 0.871. The Morgan fingerprint density at radius 3 is 2.47 bits per heavy atom. The van der Waals surface area contributed by atoms with Gasteiger partial charge in [-0.2, -0.15) is 0 Å². The van der Waals surface area contributed by atoms with E-state index in [4.69, 9.17) is 5.73 Å². The second kappa shape index (κ2) is 4.97. The molecule has 1 amide bonds. The van der Waals surface area contributed by atoms with Gasteiger partial charge in [0.2, 0.25) is 0 Å². The van der Waals surface area contributed by atoms with Crippen molar-refractivity contribution in [3.05, 3.63) is 52.3 Å². The highest BCUT2D eigenvalue weighted by molar-refractivity contribution is 5.99. The Bertz CT molecular complexity index is 675. The molecule has 0 aliphatic rings. The zero-order valence-corrected chi connectivity index (χ0v) is 10.5. The van der Waals surface area contributed by atoms with E-state index in [1.807, 2.05) is 6.07 Å². The van der Waals surface area contributed by atoms with E-state index in [0.717, 1.165) is 4.57 Å². The lowest BCUT2D eigenvalue weighted by atomic mass is 10.0. The lowest BCUT2D eigenvalue weighted by Gasteiger charge is -2.12. The first-order valence-corrected chi connectivity index (χ1v) is 5.88. The molecule has 0 atom stereocenters. The van der Waals surface area contributed by atoms with Crippen molar-refractivity contribution in [1.29, 1.82) is 0 Å². The first-order chi connectivity index (χ1) is 9.06. The van der Waals surface area contributed by atoms with E-state index in [1.165, 1.54) is 6.07 Å². The molecule has 1 heterocycles. The molecule has 5 heteroatoms. The van der Waals surface area contributed by atoms with Gasteiger partial charge in [0.05, 0.1) is 0 Å². The van der Waals surface area contributed by atoms with Crippen LogP contribution in [-0.2, 0) is 6.54 Å². The molecule has 98 valence electrons. The number of carbonyl (C=O) groups excluding carboxylic acids is 1. The van der Waals surface area contributed by atoms with Crippen molar-refractivity contribution in [3.8, 4) is 17.0 Å². The highest BCUT2D eigenvalue weighted by atomic mass is 16.3. The maximum Gasteiger partial charge on any atom is 0.266 e. The Labute approximate surface area is 109 Å². The number of hydrogen-bond donors (Lipinski definition) is 2. The summed E-state index contributed by atoms with van der Waals surface area (Å²) in [5.41, 5.74) is 5.62. The van der Waals surface area contributed by atoms with Crippen LogP contribution in [0.1, 0.15) is 17.3 Å². The van der Waals surface area contributed by atoms with Crippen LogP contribution in [0.15, 0.2) is 41.2 Å². The van der Waals surface area contributed by atoms with Crippen LogP contribution in [0.2, 0.25) is 0 Å². The molecule has 1 aromatic carbocycles. The maximum atomic E-state index is 12.2. The molecule has 0 saturated heterocycles. The number of hydrogen-bond acceptors (Lipinski definition) is 3. The third kappa shape index (κ3) is 2.22. The van der Waals surface area contributed by atoms with Gasteiger partial charge in [0, 0.05) is 18.2 Å². The number of aromatic nitrogens is 1. The molecule has 0 radical (unpaired) electrons. The number of pyridine rings is 1. The molecular weight excluding hydrogens is 244 g/mol. The monoisotopic (exact) mass is 258 g/mol. The molecular formula is C14H14N2O3. The fourth-order valence-corrected chi connectivity index (χ4v) is 2.02. The number of nitrogens with two attached hydrogens (primary N) is 1. The highest BCUT2D eigenvalue weighted by Crippen LogP contribution is 2.24. The minimum atomic E-state index is -0.800. The summed E-state index contributed by atoms with van der Waals surface area (Å²) in [7, 11) is 0. The molecule has 0 bridgehead atoms. The Morgan fingerprint density at radius 2 is 1.95 bits per heavy atom. The van der Waals surface area contributed by atoms with Gasteiger partial charge < -0.3 is 10.8 Å². The fraction of sp³-hybridized carbons (Fsp3) is 0.143. The summed E-state index contributed by atoms with van der Waals surface area (Å²) < 4.78 is 1.10. The van der Waals surface area contributed by atoms with Crippen LogP contribution in [-0.4, -0.2) is 15.6 Å². The number of nitrogens with zero attached hydrogens (tertiary/aromatic N) is 1.